The lowest BCUT2D eigenvalue weighted by Crippen LogP contribution is -2.25. The molecule has 2 aliphatic heterocycles. The lowest BCUT2D eigenvalue weighted by Gasteiger charge is -2.12. The van der Waals surface area contributed by atoms with Gasteiger partial charge >= 0.3 is 0 Å². The zero-order valence-electron chi connectivity index (χ0n) is 7.76. The van der Waals surface area contributed by atoms with Crippen molar-refractivity contribution in [2.24, 2.45) is 0 Å². The summed E-state index contributed by atoms with van der Waals surface area (Å²) in [5.41, 5.74) is 0. The number of ether oxygens (including phenoxy) is 1. The van der Waals surface area contributed by atoms with Crippen molar-refractivity contribution in [2.75, 3.05) is 0 Å². The lowest BCUT2D eigenvalue weighted by molar-refractivity contribution is -0.00122. The van der Waals surface area contributed by atoms with Crippen molar-refractivity contribution >= 4 is 10.1 Å². The van der Waals surface area contributed by atoms with Crippen LogP contribution in [-0.2, 0) is 19.0 Å². The molecule has 0 radical (unpaired) electrons. The minimum absolute atomic E-state index is 0.0936. The molecule has 0 bridgehead atoms. The van der Waals surface area contributed by atoms with Crippen LogP contribution in [0.25, 0.3) is 0 Å². The van der Waals surface area contributed by atoms with Crippen LogP contribution in [0.2, 0.25) is 0 Å². The van der Waals surface area contributed by atoms with Gasteiger partial charge in [-0.2, -0.15) is 8.42 Å². The second kappa shape index (κ2) is 2.93. The summed E-state index contributed by atoms with van der Waals surface area (Å²) in [6.45, 7) is 3.75. The quantitative estimate of drug-likeness (QED) is 0.592. The highest BCUT2D eigenvalue weighted by atomic mass is 32.2. The number of hydrogen-bond acceptors (Lipinski definition) is 4. The molecule has 2 fully saturated rings. The Morgan fingerprint density at radius 3 is 2.69 bits per heavy atom. The first-order chi connectivity index (χ1) is 6.04. The van der Waals surface area contributed by atoms with Crippen molar-refractivity contribution in [1.82, 2.24) is 0 Å². The Balaban J connectivity index is 2.23. The van der Waals surface area contributed by atoms with E-state index in [-0.39, 0.29) is 18.3 Å². The molecule has 76 valence electrons. The van der Waals surface area contributed by atoms with Crippen molar-refractivity contribution in [3.8, 4) is 0 Å². The van der Waals surface area contributed by atoms with Gasteiger partial charge in [0, 0.05) is 0 Å². The van der Waals surface area contributed by atoms with E-state index in [4.69, 9.17) is 8.92 Å². The Morgan fingerprint density at radius 2 is 2.15 bits per heavy atom. The predicted molar refractivity (Wildman–Crippen MR) is 46.8 cm³/mol. The number of rotatable bonds is 1. The maximum atomic E-state index is 11.4. The minimum atomic E-state index is -3.34. The van der Waals surface area contributed by atoms with Gasteiger partial charge in [-0.15, -0.1) is 0 Å². The maximum absolute atomic E-state index is 11.4. The van der Waals surface area contributed by atoms with Gasteiger partial charge in [-0.25, -0.2) is 0 Å². The first-order valence-corrected chi connectivity index (χ1v) is 6.09. The normalized spacial score (nSPS) is 47.8. The van der Waals surface area contributed by atoms with Crippen molar-refractivity contribution in [2.45, 2.75) is 50.3 Å². The zero-order valence-corrected chi connectivity index (χ0v) is 8.58. The Bertz CT molecular complexity index is 297. The largest absolute Gasteiger partial charge is 0.371 e. The summed E-state index contributed by atoms with van der Waals surface area (Å²) in [5, 5.41) is -0.424. The molecule has 2 heterocycles. The predicted octanol–water partition coefficient (Wildman–Crippen LogP) is 0.671. The summed E-state index contributed by atoms with van der Waals surface area (Å²) >= 11 is 0. The molecule has 0 spiro atoms. The summed E-state index contributed by atoms with van der Waals surface area (Å²) in [7, 11) is -3.34. The van der Waals surface area contributed by atoms with Crippen LogP contribution in [0, 0.1) is 0 Å². The molecule has 4 atom stereocenters. The van der Waals surface area contributed by atoms with Crippen LogP contribution < -0.4 is 0 Å². The van der Waals surface area contributed by atoms with E-state index in [1.807, 2.05) is 6.92 Å². The van der Waals surface area contributed by atoms with E-state index in [0.29, 0.717) is 6.42 Å². The van der Waals surface area contributed by atoms with Crippen LogP contribution in [0.3, 0.4) is 0 Å². The molecule has 5 heteroatoms. The Hall–Kier alpha value is -0.130. The molecule has 2 saturated heterocycles. The van der Waals surface area contributed by atoms with Crippen LogP contribution in [0.1, 0.15) is 26.7 Å². The van der Waals surface area contributed by atoms with E-state index in [2.05, 4.69) is 0 Å². The van der Waals surface area contributed by atoms with E-state index in [1.54, 1.807) is 6.92 Å². The molecule has 2 aliphatic rings. The molecular weight excluding hydrogens is 192 g/mol. The van der Waals surface area contributed by atoms with E-state index >= 15 is 0 Å². The van der Waals surface area contributed by atoms with E-state index in [0.717, 1.165) is 6.42 Å². The Kier molecular flexibility index (Phi) is 2.13. The lowest BCUT2D eigenvalue weighted by atomic mass is 10.1. The summed E-state index contributed by atoms with van der Waals surface area (Å²) in [6, 6.07) is 0. The highest BCUT2D eigenvalue weighted by Gasteiger charge is 2.52. The molecule has 0 aromatic carbocycles. The van der Waals surface area contributed by atoms with Gasteiger partial charge in [-0.05, 0) is 19.8 Å². The first kappa shape index (κ1) is 9.43. The molecule has 4 nitrogen and oxygen atoms in total. The van der Waals surface area contributed by atoms with Gasteiger partial charge in [0.2, 0.25) is 0 Å². The number of hydrogen-bond donors (Lipinski definition) is 0. The molecule has 4 unspecified atom stereocenters. The third-order valence-electron chi connectivity index (χ3n) is 2.79. The highest BCUT2D eigenvalue weighted by molar-refractivity contribution is 7.87. The third-order valence-corrected chi connectivity index (χ3v) is 4.56. The minimum Gasteiger partial charge on any atom is -0.371 e. The molecule has 0 amide bonds. The van der Waals surface area contributed by atoms with Crippen molar-refractivity contribution < 1.29 is 17.3 Å². The van der Waals surface area contributed by atoms with Crippen LogP contribution in [0.4, 0.5) is 0 Å². The van der Waals surface area contributed by atoms with Crippen molar-refractivity contribution in [1.29, 1.82) is 0 Å². The monoisotopic (exact) mass is 206 g/mol. The SMILES string of the molecule is CCC1CC2C(O1)C(C)OS2(=O)=O. The second-order valence-electron chi connectivity index (χ2n) is 3.70. The average Bonchev–Trinajstić information content (AvgIpc) is 2.53. The molecule has 0 aromatic rings. The second-order valence-corrected chi connectivity index (χ2v) is 5.48. The Labute approximate surface area is 78.3 Å². The van der Waals surface area contributed by atoms with Crippen LogP contribution in [-0.4, -0.2) is 32.0 Å². The van der Waals surface area contributed by atoms with Crippen molar-refractivity contribution in [3.63, 3.8) is 0 Å². The van der Waals surface area contributed by atoms with E-state index < -0.39 is 15.4 Å². The van der Waals surface area contributed by atoms with E-state index in [9.17, 15) is 8.42 Å². The standard InChI is InChI=1S/C8H14O4S/c1-3-6-4-7-8(11-6)5(2)12-13(7,9)10/h5-8H,3-4H2,1-2H3. The van der Waals surface area contributed by atoms with Crippen LogP contribution in [0.15, 0.2) is 0 Å². The zero-order chi connectivity index (χ0) is 9.64. The topological polar surface area (TPSA) is 52.6 Å². The molecule has 0 aliphatic carbocycles. The summed E-state index contributed by atoms with van der Waals surface area (Å²) < 4.78 is 33.3. The fourth-order valence-electron chi connectivity index (χ4n) is 2.05. The van der Waals surface area contributed by atoms with Crippen molar-refractivity contribution in [3.05, 3.63) is 0 Å². The van der Waals surface area contributed by atoms with E-state index in [1.165, 1.54) is 0 Å². The molecule has 13 heavy (non-hydrogen) atoms. The fraction of sp³-hybridized carbons (Fsp3) is 1.00. The molecule has 0 aromatic heterocycles. The summed E-state index contributed by atoms with van der Waals surface area (Å²) in [4.78, 5) is 0. The van der Waals surface area contributed by atoms with Crippen LogP contribution >= 0.6 is 0 Å². The summed E-state index contributed by atoms with van der Waals surface area (Å²) in [6.07, 6.45) is 1.00. The fourth-order valence-corrected chi connectivity index (χ4v) is 3.79. The third kappa shape index (κ3) is 1.39. The van der Waals surface area contributed by atoms with Crippen LogP contribution in [0.5, 0.6) is 0 Å². The molecule has 0 N–H and O–H groups in total. The van der Waals surface area contributed by atoms with Gasteiger partial charge in [0.25, 0.3) is 10.1 Å². The van der Waals surface area contributed by atoms with Gasteiger partial charge in [0.05, 0.1) is 6.10 Å². The highest BCUT2D eigenvalue weighted by Crippen LogP contribution is 2.37. The maximum Gasteiger partial charge on any atom is 0.273 e. The van der Waals surface area contributed by atoms with Gasteiger partial charge < -0.3 is 4.74 Å². The smallest absolute Gasteiger partial charge is 0.273 e. The average molecular weight is 206 g/mol. The summed E-state index contributed by atoms with van der Waals surface area (Å²) in [5.74, 6) is 0. The molecular formula is C8H14O4S. The van der Waals surface area contributed by atoms with Gasteiger partial charge in [-0.3, -0.25) is 4.18 Å². The molecule has 2 rings (SSSR count). The molecule has 0 saturated carbocycles. The first-order valence-electron chi connectivity index (χ1n) is 4.62. The number of fused-ring (bicyclic) bond motifs is 1. The Morgan fingerprint density at radius 1 is 1.46 bits per heavy atom. The van der Waals surface area contributed by atoms with Gasteiger partial charge in [-0.1, -0.05) is 6.92 Å². The van der Waals surface area contributed by atoms with Gasteiger partial charge in [0.15, 0.2) is 0 Å². The van der Waals surface area contributed by atoms with Gasteiger partial charge in [0.1, 0.15) is 17.5 Å².